The highest BCUT2D eigenvalue weighted by Crippen LogP contribution is 2.33. The fourth-order valence-corrected chi connectivity index (χ4v) is 2.81. The molecule has 0 bridgehead atoms. The van der Waals surface area contributed by atoms with E-state index in [-0.39, 0.29) is 5.52 Å². The second kappa shape index (κ2) is 7.09. The first-order valence-corrected chi connectivity index (χ1v) is 7.54. The molecule has 1 aliphatic carbocycles. The van der Waals surface area contributed by atoms with Gasteiger partial charge in [-0.3, -0.25) is 4.98 Å². The van der Waals surface area contributed by atoms with Gasteiger partial charge < -0.3 is 5.73 Å². The average molecular weight is 310 g/mol. The molecule has 120 valence electrons. The summed E-state index contributed by atoms with van der Waals surface area (Å²) in [6.45, 7) is 2.29. The van der Waals surface area contributed by atoms with Gasteiger partial charge in [0.05, 0.1) is 11.1 Å². The molecule has 0 spiro atoms. The van der Waals surface area contributed by atoms with Gasteiger partial charge in [0.25, 0.3) is 0 Å². The summed E-state index contributed by atoms with van der Waals surface area (Å²) in [7, 11) is 0. The Balaban J connectivity index is 0.000000188. The fourth-order valence-electron chi connectivity index (χ4n) is 2.81. The van der Waals surface area contributed by atoms with E-state index in [0.29, 0.717) is 11.4 Å². The SMILES string of the molecule is CC1CCCC(N)C1.FC(F)(F)c1cccc2cccnc12. The molecule has 1 heterocycles. The Bertz CT molecular complexity index is 597. The highest BCUT2D eigenvalue weighted by Gasteiger charge is 2.32. The lowest BCUT2D eigenvalue weighted by atomic mass is 9.88. The topological polar surface area (TPSA) is 38.9 Å². The maximum atomic E-state index is 12.5. The zero-order chi connectivity index (χ0) is 16.2. The van der Waals surface area contributed by atoms with Crippen molar-refractivity contribution in [3.8, 4) is 0 Å². The second-order valence-corrected chi connectivity index (χ2v) is 5.91. The number of fused-ring (bicyclic) bond motifs is 1. The monoisotopic (exact) mass is 310 g/mol. The van der Waals surface area contributed by atoms with Crippen LogP contribution in [0.4, 0.5) is 13.2 Å². The van der Waals surface area contributed by atoms with E-state index >= 15 is 0 Å². The molecule has 22 heavy (non-hydrogen) atoms. The predicted octanol–water partition coefficient (Wildman–Crippen LogP) is 4.78. The third-order valence-corrected chi connectivity index (χ3v) is 3.92. The highest BCUT2D eigenvalue weighted by atomic mass is 19.4. The van der Waals surface area contributed by atoms with Gasteiger partial charge in [-0.15, -0.1) is 0 Å². The summed E-state index contributed by atoms with van der Waals surface area (Å²) in [6, 6.07) is 7.76. The number of nitrogens with two attached hydrogens (primary N) is 1. The molecule has 0 amide bonds. The number of halogens is 3. The quantitative estimate of drug-likeness (QED) is 0.760. The molecule has 3 rings (SSSR count). The highest BCUT2D eigenvalue weighted by molar-refractivity contribution is 5.81. The van der Waals surface area contributed by atoms with Crippen LogP contribution in [0.1, 0.15) is 38.2 Å². The predicted molar refractivity (Wildman–Crippen MR) is 82.4 cm³/mol. The Hall–Kier alpha value is -1.62. The summed E-state index contributed by atoms with van der Waals surface area (Å²) < 4.78 is 37.4. The van der Waals surface area contributed by atoms with Gasteiger partial charge >= 0.3 is 6.18 Å². The van der Waals surface area contributed by atoms with Crippen LogP contribution in [0.5, 0.6) is 0 Å². The summed E-state index contributed by atoms with van der Waals surface area (Å²) in [5, 5.41) is 0.502. The minimum atomic E-state index is -4.34. The van der Waals surface area contributed by atoms with Crippen LogP contribution in [-0.2, 0) is 6.18 Å². The molecular formula is C17H21F3N2. The Morgan fingerprint density at radius 3 is 2.45 bits per heavy atom. The molecule has 2 nitrogen and oxygen atoms in total. The van der Waals surface area contributed by atoms with Crippen molar-refractivity contribution in [2.45, 2.75) is 44.8 Å². The number of hydrogen-bond donors (Lipinski definition) is 1. The number of hydrogen-bond acceptors (Lipinski definition) is 2. The van der Waals surface area contributed by atoms with Crippen LogP contribution >= 0.6 is 0 Å². The largest absolute Gasteiger partial charge is 0.418 e. The Morgan fingerprint density at radius 1 is 1.14 bits per heavy atom. The zero-order valence-electron chi connectivity index (χ0n) is 12.6. The molecule has 1 aliphatic rings. The lowest BCUT2D eigenvalue weighted by molar-refractivity contribution is -0.136. The van der Waals surface area contributed by atoms with Gasteiger partial charge in [-0.25, -0.2) is 0 Å². The summed E-state index contributed by atoms with van der Waals surface area (Å²) in [5.41, 5.74) is 5.04. The third-order valence-electron chi connectivity index (χ3n) is 3.92. The molecule has 2 unspecified atom stereocenters. The molecule has 5 heteroatoms. The fraction of sp³-hybridized carbons (Fsp3) is 0.471. The molecule has 2 N–H and O–H groups in total. The molecule has 0 saturated heterocycles. The van der Waals surface area contributed by atoms with Crippen molar-refractivity contribution in [3.05, 3.63) is 42.1 Å². The van der Waals surface area contributed by atoms with Crippen molar-refractivity contribution in [2.24, 2.45) is 11.7 Å². The molecule has 1 aromatic heterocycles. The van der Waals surface area contributed by atoms with E-state index in [1.807, 2.05) is 0 Å². The summed E-state index contributed by atoms with van der Waals surface area (Å²) in [6.07, 6.45) is 2.27. The summed E-state index contributed by atoms with van der Waals surface area (Å²) >= 11 is 0. The van der Waals surface area contributed by atoms with Crippen molar-refractivity contribution in [2.75, 3.05) is 0 Å². The van der Waals surface area contributed by atoms with E-state index in [2.05, 4.69) is 11.9 Å². The first-order chi connectivity index (χ1) is 10.4. The van der Waals surface area contributed by atoms with Gasteiger partial charge in [0, 0.05) is 17.6 Å². The molecule has 1 aromatic carbocycles. The molecule has 2 atom stereocenters. The van der Waals surface area contributed by atoms with Crippen LogP contribution in [-0.4, -0.2) is 11.0 Å². The number of benzene rings is 1. The molecule has 0 aliphatic heterocycles. The maximum absolute atomic E-state index is 12.5. The molecular weight excluding hydrogens is 289 g/mol. The average Bonchev–Trinajstić information content (AvgIpc) is 2.46. The Morgan fingerprint density at radius 2 is 1.86 bits per heavy atom. The van der Waals surface area contributed by atoms with Gasteiger partial charge in [0.15, 0.2) is 0 Å². The number of rotatable bonds is 0. The van der Waals surface area contributed by atoms with Gasteiger partial charge in [0.2, 0.25) is 0 Å². The zero-order valence-corrected chi connectivity index (χ0v) is 12.6. The summed E-state index contributed by atoms with van der Waals surface area (Å²) in [5.74, 6) is 0.888. The Kier molecular flexibility index (Phi) is 5.40. The lowest BCUT2D eigenvalue weighted by Gasteiger charge is -2.22. The van der Waals surface area contributed by atoms with E-state index in [1.54, 1.807) is 18.2 Å². The standard InChI is InChI=1S/C10H6F3N.C7H15N/c11-10(12,13)8-5-1-3-7-4-2-6-14-9(7)8;1-6-3-2-4-7(8)5-6/h1-6H;6-7H,2-5,8H2,1H3. The Labute approximate surface area is 128 Å². The first-order valence-electron chi connectivity index (χ1n) is 7.54. The normalized spacial score (nSPS) is 22.0. The van der Waals surface area contributed by atoms with Crippen molar-refractivity contribution in [3.63, 3.8) is 0 Å². The van der Waals surface area contributed by atoms with Gasteiger partial charge in [-0.2, -0.15) is 13.2 Å². The number of nitrogens with zero attached hydrogens (tertiary/aromatic N) is 1. The lowest BCUT2D eigenvalue weighted by Crippen LogP contribution is -2.26. The van der Waals surface area contributed by atoms with Crippen molar-refractivity contribution >= 4 is 10.9 Å². The number of aromatic nitrogens is 1. The minimum absolute atomic E-state index is 0.00231. The van der Waals surface area contributed by atoms with Gasteiger partial charge in [-0.1, -0.05) is 38.0 Å². The minimum Gasteiger partial charge on any atom is -0.328 e. The van der Waals surface area contributed by atoms with Crippen LogP contribution < -0.4 is 5.73 Å². The van der Waals surface area contributed by atoms with E-state index in [4.69, 9.17) is 5.73 Å². The number of alkyl halides is 3. The van der Waals surface area contributed by atoms with E-state index in [1.165, 1.54) is 37.9 Å². The third kappa shape index (κ3) is 4.44. The molecule has 0 radical (unpaired) electrons. The molecule has 1 saturated carbocycles. The molecule has 2 aromatic rings. The van der Waals surface area contributed by atoms with E-state index in [9.17, 15) is 13.2 Å². The number of para-hydroxylation sites is 1. The van der Waals surface area contributed by atoms with Gasteiger partial charge in [-0.05, 0) is 30.9 Å². The van der Waals surface area contributed by atoms with Crippen molar-refractivity contribution < 1.29 is 13.2 Å². The first kappa shape index (κ1) is 16.7. The second-order valence-electron chi connectivity index (χ2n) is 5.91. The van der Waals surface area contributed by atoms with Crippen LogP contribution in [0.2, 0.25) is 0 Å². The summed E-state index contributed by atoms with van der Waals surface area (Å²) in [4.78, 5) is 3.73. The molecule has 1 fully saturated rings. The van der Waals surface area contributed by atoms with Crippen molar-refractivity contribution in [1.82, 2.24) is 4.98 Å². The van der Waals surface area contributed by atoms with E-state index < -0.39 is 11.7 Å². The maximum Gasteiger partial charge on any atom is 0.418 e. The number of pyridine rings is 1. The van der Waals surface area contributed by atoms with Crippen LogP contribution in [0.3, 0.4) is 0 Å². The smallest absolute Gasteiger partial charge is 0.328 e. The van der Waals surface area contributed by atoms with Crippen LogP contribution in [0.15, 0.2) is 36.5 Å². The van der Waals surface area contributed by atoms with Crippen molar-refractivity contribution in [1.29, 1.82) is 0 Å². The van der Waals surface area contributed by atoms with E-state index in [0.717, 1.165) is 12.0 Å². The van der Waals surface area contributed by atoms with Crippen LogP contribution in [0, 0.1) is 5.92 Å². The van der Waals surface area contributed by atoms with Gasteiger partial charge in [0.1, 0.15) is 0 Å². The van der Waals surface area contributed by atoms with Crippen LogP contribution in [0.25, 0.3) is 10.9 Å².